The van der Waals surface area contributed by atoms with Crippen molar-refractivity contribution in [2.45, 2.75) is 40.2 Å². The first-order valence-corrected chi connectivity index (χ1v) is 4.89. The molecule has 72 valence electrons. The van der Waals surface area contributed by atoms with E-state index in [-0.39, 0.29) is 6.04 Å². The van der Waals surface area contributed by atoms with E-state index >= 15 is 0 Å². The molecule has 1 heteroatoms. The number of hydrogen-bond acceptors (Lipinski definition) is 1. The van der Waals surface area contributed by atoms with Crippen LogP contribution in [-0.2, 0) is 0 Å². The van der Waals surface area contributed by atoms with Gasteiger partial charge in [0.25, 0.3) is 0 Å². The smallest absolute Gasteiger partial charge is 0.0297 e. The fourth-order valence-electron chi connectivity index (χ4n) is 1.98. The molecule has 0 spiro atoms. The lowest BCUT2D eigenvalue weighted by Gasteiger charge is -2.16. The first kappa shape index (κ1) is 10.3. The van der Waals surface area contributed by atoms with E-state index in [0.29, 0.717) is 0 Å². The minimum atomic E-state index is 0.195. The summed E-state index contributed by atoms with van der Waals surface area (Å²) in [6.07, 6.45) is 1.00. The summed E-state index contributed by atoms with van der Waals surface area (Å²) in [6.45, 7) is 8.54. The van der Waals surface area contributed by atoms with Crippen LogP contribution in [0, 0.1) is 20.8 Å². The van der Waals surface area contributed by atoms with Gasteiger partial charge in [-0.25, -0.2) is 0 Å². The molecule has 1 nitrogen and oxygen atoms in total. The molecule has 0 saturated heterocycles. The highest BCUT2D eigenvalue weighted by Crippen LogP contribution is 2.23. The highest BCUT2D eigenvalue weighted by molar-refractivity contribution is 5.39. The second-order valence-corrected chi connectivity index (χ2v) is 3.83. The highest BCUT2D eigenvalue weighted by Gasteiger charge is 2.09. The Bertz CT molecular complexity index is 279. The molecule has 0 saturated carbocycles. The van der Waals surface area contributed by atoms with Crippen molar-refractivity contribution in [3.8, 4) is 0 Å². The third kappa shape index (κ3) is 2.10. The van der Waals surface area contributed by atoms with Gasteiger partial charge in [-0.05, 0) is 43.9 Å². The van der Waals surface area contributed by atoms with Gasteiger partial charge >= 0.3 is 0 Å². The summed E-state index contributed by atoms with van der Waals surface area (Å²) >= 11 is 0. The predicted octanol–water partition coefficient (Wildman–Crippen LogP) is 3.02. The van der Waals surface area contributed by atoms with Crippen LogP contribution in [0.1, 0.15) is 41.6 Å². The molecule has 0 aliphatic rings. The van der Waals surface area contributed by atoms with Gasteiger partial charge in [-0.15, -0.1) is 0 Å². The van der Waals surface area contributed by atoms with Gasteiger partial charge < -0.3 is 5.73 Å². The average Bonchev–Trinajstić information content (AvgIpc) is 2.02. The van der Waals surface area contributed by atoms with Gasteiger partial charge in [0.15, 0.2) is 0 Å². The van der Waals surface area contributed by atoms with E-state index in [1.54, 1.807) is 0 Å². The van der Waals surface area contributed by atoms with Crippen molar-refractivity contribution in [3.63, 3.8) is 0 Å². The van der Waals surface area contributed by atoms with Gasteiger partial charge in [0.1, 0.15) is 0 Å². The fourth-order valence-corrected chi connectivity index (χ4v) is 1.98. The van der Waals surface area contributed by atoms with Gasteiger partial charge in [-0.2, -0.15) is 0 Å². The Kier molecular flexibility index (Phi) is 3.10. The molecule has 0 heterocycles. The van der Waals surface area contributed by atoms with E-state index in [9.17, 15) is 0 Å². The topological polar surface area (TPSA) is 26.0 Å². The number of nitrogens with two attached hydrogens (primary N) is 1. The molecular formula is C12H19N. The molecule has 0 bridgehead atoms. The monoisotopic (exact) mass is 177 g/mol. The molecular weight excluding hydrogens is 158 g/mol. The molecule has 1 aromatic carbocycles. The van der Waals surface area contributed by atoms with Crippen LogP contribution in [0.2, 0.25) is 0 Å². The Morgan fingerprint density at radius 2 is 1.62 bits per heavy atom. The molecule has 2 N–H and O–H groups in total. The summed E-state index contributed by atoms with van der Waals surface area (Å²) in [4.78, 5) is 0. The van der Waals surface area contributed by atoms with E-state index in [1.807, 2.05) is 0 Å². The molecule has 1 atom stereocenters. The molecule has 0 aliphatic heterocycles. The van der Waals surface area contributed by atoms with Crippen LogP contribution in [0.15, 0.2) is 12.1 Å². The maximum atomic E-state index is 6.05. The van der Waals surface area contributed by atoms with Gasteiger partial charge in [-0.1, -0.05) is 24.6 Å². The predicted molar refractivity (Wildman–Crippen MR) is 57.9 cm³/mol. The van der Waals surface area contributed by atoms with Gasteiger partial charge in [0.2, 0.25) is 0 Å². The summed E-state index contributed by atoms with van der Waals surface area (Å²) in [5.74, 6) is 0. The molecule has 0 amide bonds. The van der Waals surface area contributed by atoms with Crippen molar-refractivity contribution < 1.29 is 0 Å². The van der Waals surface area contributed by atoms with Crippen LogP contribution >= 0.6 is 0 Å². The Morgan fingerprint density at radius 1 is 1.15 bits per heavy atom. The van der Waals surface area contributed by atoms with Crippen LogP contribution in [0.3, 0.4) is 0 Å². The quantitative estimate of drug-likeness (QED) is 0.738. The van der Waals surface area contributed by atoms with Crippen molar-refractivity contribution in [1.29, 1.82) is 0 Å². The summed E-state index contributed by atoms with van der Waals surface area (Å²) in [5.41, 5.74) is 11.3. The Balaban J connectivity index is 3.20. The molecule has 1 rings (SSSR count). The zero-order chi connectivity index (χ0) is 10.0. The SMILES string of the molecule is CCC(N)c1c(C)cc(C)cc1C. The van der Waals surface area contributed by atoms with Crippen molar-refractivity contribution in [2.24, 2.45) is 5.73 Å². The molecule has 0 aromatic heterocycles. The zero-order valence-corrected chi connectivity index (χ0v) is 9.02. The number of benzene rings is 1. The van der Waals surface area contributed by atoms with Crippen LogP contribution in [0.25, 0.3) is 0 Å². The minimum Gasteiger partial charge on any atom is -0.324 e. The Morgan fingerprint density at radius 3 is 2.00 bits per heavy atom. The molecule has 0 aliphatic carbocycles. The van der Waals surface area contributed by atoms with Crippen LogP contribution in [0.5, 0.6) is 0 Å². The lowest BCUT2D eigenvalue weighted by atomic mass is 9.93. The molecule has 1 aromatic rings. The minimum absolute atomic E-state index is 0.195. The van der Waals surface area contributed by atoms with Gasteiger partial charge in [-0.3, -0.25) is 0 Å². The van der Waals surface area contributed by atoms with E-state index in [1.165, 1.54) is 22.3 Å². The lowest BCUT2D eigenvalue weighted by molar-refractivity contribution is 0.688. The third-order valence-corrected chi connectivity index (χ3v) is 2.55. The normalized spacial score (nSPS) is 13.0. The maximum absolute atomic E-state index is 6.05. The number of rotatable bonds is 2. The third-order valence-electron chi connectivity index (χ3n) is 2.55. The second-order valence-electron chi connectivity index (χ2n) is 3.83. The first-order valence-electron chi connectivity index (χ1n) is 4.89. The van der Waals surface area contributed by atoms with Gasteiger partial charge in [0, 0.05) is 6.04 Å². The van der Waals surface area contributed by atoms with E-state index in [0.717, 1.165) is 6.42 Å². The molecule has 1 unspecified atom stereocenters. The summed E-state index contributed by atoms with van der Waals surface area (Å²) in [7, 11) is 0. The van der Waals surface area contributed by atoms with Crippen molar-refractivity contribution in [2.75, 3.05) is 0 Å². The largest absolute Gasteiger partial charge is 0.324 e. The summed E-state index contributed by atoms with van der Waals surface area (Å²) < 4.78 is 0. The molecule has 13 heavy (non-hydrogen) atoms. The van der Waals surface area contributed by atoms with Crippen LogP contribution in [-0.4, -0.2) is 0 Å². The first-order chi connectivity index (χ1) is 6.06. The average molecular weight is 177 g/mol. The Hall–Kier alpha value is -0.820. The Labute approximate surface area is 81.0 Å². The van der Waals surface area contributed by atoms with E-state index < -0.39 is 0 Å². The number of hydrogen-bond donors (Lipinski definition) is 1. The highest BCUT2D eigenvalue weighted by atomic mass is 14.6. The van der Waals surface area contributed by atoms with E-state index in [4.69, 9.17) is 5.73 Å². The summed E-state index contributed by atoms with van der Waals surface area (Å²) in [6, 6.07) is 4.61. The van der Waals surface area contributed by atoms with Crippen LogP contribution < -0.4 is 5.73 Å². The number of aryl methyl sites for hydroxylation is 3. The standard InChI is InChI=1S/C12H19N/c1-5-11(13)12-9(3)6-8(2)7-10(12)4/h6-7,11H,5,13H2,1-4H3. The van der Waals surface area contributed by atoms with Crippen molar-refractivity contribution in [3.05, 3.63) is 34.4 Å². The second kappa shape index (κ2) is 3.93. The fraction of sp³-hybridized carbons (Fsp3) is 0.500. The summed E-state index contributed by atoms with van der Waals surface area (Å²) in [5, 5.41) is 0. The van der Waals surface area contributed by atoms with Crippen molar-refractivity contribution >= 4 is 0 Å². The molecule has 0 radical (unpaired) electrons. The lowest BCUT2D eigenvalue weighted by Crippen LogP contribution is -2.12. The zero-order valence-electron chi connectivity index (χ0n) is 9.02. The van der Waals surface area contributed by atoms with Crippen LogP contribution in [0.4, 0.5) is 0 Å². The van der Waals surface area contributed by atoms with E-state index in [2.05, 4.69) is 39.8 Å². The maximum Gasteiger partial charge on any atom is 0.0297 e. The van der Waals surface area contributed by atoms with Crippen molar-refractivity contribution in [1.82, 2.24) is 0 Å². The molecule has 0 fully saturated rings. The van der Waals surface area contributed by atoms with Gasteiger partial charge in [0.05, 0.1) is 0 Å².